The van der Waals surface area contributed by atoms with Crippen LogP contribution in [0.15, 0.2) is 84.0 Å². The van der Waals surface area contributed by atoms with Crippen molar-refractivity contribution in [3.05, 3.63) is 101 Å². The fraction of sp³-hybridized carbons (Fsp3) is 0.0870. The minimum absolute atomic E-state index is 0.247. The number of carbonyl (C=O) groups excluding carboxylic acids is 2. The molecule has 0 saturated carbocycles. The van der Waals surface area contributed by atoms with Crippen LogP contribution >= 0.6 is 0 Å². The van der Waals surface area contributed by atoms with E-state index in [1.807, 2.05) is 30.3 Å². The molecule has 0 unspecified atom stereocenters. The van der Waals surface area contributed by atoms with Gasteiger partial charge in [0.05, 0.1) is 6.21 Å². The highest BCUT2D eigenvalue weighted by Crippen LogP contribution is 2.17. The summed E-state index contributed by atoms with van der Waals surface area (Å²) in [6.45, 7) is 0.496. The molecule has 3 aromatic rings. The van der Waals surface area contributed by atoms with Crippen LogP contribution in [-0.4, -0.2) is 18.0 Å². The van der Waals surface area contributed by atoms with Crippen molar-refractivity contribution in [3.63, 3.8) is 0 Å². The van der Waals surface area contributed by atoms with Gasteiger partial charge in [-0.15, -0.1) is 0 Å². The van der Waals surface area contributed by atoms with Gasteiger partial charge in [0, 0.05) is 12.1 Å². The van der Waals surface area contributed by atoms with Crippen molar-refractivity contribution in [2.75, 3.05) is 0 Å². The zero-order chi connectivity index (χ0) is 21.2. The van der Waals surface area contributed by atoms with Crippen LogP contribution in [0.1, 0.15) is 16.7 Å². The number of carbonyl (C=O) groups is 2. The van der Waals surface area contributed by atoms with E-state index in [0.717, 1.165) is 11.1 Å². The van der Waals surface area contributed by atoms with Crippen LogP contribution in [0.3, 0.4) is 0 Å². The number of nitrogens with one attached hydrogen (secondary N) is 2. The summed E-state index contributed by atoms with van der Waals surface area (Å²) in [7, 11) is 0. The van der Waals surface area contributed by atoms with Crippen LogP contribution in [0.2, 0.25) is 0 Å². The predicted octanol–water partition coefficient (Wildman–Crippen LogP) is 3.17. The molecular formula is C23H20FN3O3. The van der Waals surface area contributed by atoms with E-state index < -0.39 is 11.8 Å². The Balaban J connectivity index is 1.52. The van der Waals surface area contributed by atoms with Gasteiger partial charge in [0.25, 0.3) is 0 Å². The van der Waals surface area contributed by atoms with E-state index >= 15 is 0 Å². The van der Waals surface area contributed by atoms with Crippen molar-refractivity contribution in [2.45, 2.75) is 13.2 Å². The number of amides is 2. The topological polar surface area (TPSA) is 79.8 Å². The van der Waals surface area contributed by atoms with Crippen LogP contribution in [0.4, 0.5) is 4.39 Å². The average Bonchev–Trinajstić information content (AvgIpc) is 2.78. The summed E-state index contributed by atoms with van der Waals surface area (Å²) < 4.78 is 18.7. The van der Waals surface area contributed by atoms with Crippen LogP contribution in [0.5, 0.6) is 5.75 Å². The van der Waals surface area contributed by atoms with E-state index in [9.17, 15) is 14.0 Å². The second-order valence-electron chi connectivity index (χ2n) is 6.32. The number of nitrogens with zero attached hydrogens (tertiary/aromatic N) is 1. The Kier molecular flexibility index (Phi) is 7.27. The first kappa shape index (κ1) is 20.7. The predicted molar refractivity (Wildman–Crippen MR) is 111 cm³/mol. The number of hydrazone groups is 1. The first-order valence-electron chi connectivity index (χ1n) is 9.23. The molecular weight excluding hydrogens is 385 g/mol. The lowest BCUT2D eigenvalue weighted by Gasteiger charge is -2.09. The van der Waals surface area contributed by atoms with Crippen molar-refractivity contribution >= 4 is 18.0 Å². The summed E-state index contributed by atoms with van der Waals surface area (Å²) in [5, 5.41) is 6.35. The molecule has 2 amide bonds. The molecule has 0 heterocycles. The minimum Gasteiger partial charge on any atom is -0.488 e. The lowest BCUT2D eigenvalue weighted by molar-refractivity contribution is -0.139. The smallest absolute Gasteiger partial charge is 0.329 e. The number of benzene rings is 3. The molecule has 0 radical (unpaired) electrons. The second-order valence-corrected chi connectivity index (χ2v) is 6.32. The van der Waals surface area contributed by atoms with Gasteiger partial charge in [-0.1, -0.05) is 54.6 Å². The van der Waals surface area contributed by atoms with E-state index in [0.29, 0.717) is 11.3 Å². The third-order valence-electron chi connectivity index (χ3n) is 4.10. The molecule has 0 aromatic heterocycles. The van der Waals surface area contributed by atoms with Crippen molar-refractivity contribution in [1.29, 1.82) is 0 Å². The normalized spacial score (nSPS) is 10.6. The summed E-state index contributed by atoms with van der Waals surface area (Å²) in [5.74, 6) is -1.42. The molecule has 3 rings (SSSR count). The zero-order valence-corrected chi connectivity index (χ0v) is 16.0. The van der Waals surface area contributed by atoms with Gasteiger partial charge in [0.1, 0.15) is 18.2 Å². The van der Waals surface area contributed by atoms with Crippen molar-refractivity contribution < 1.29 is 18.7 Å². The Hall–Kier alpha value is -4.00. The molecule has 0 saturated heterocycles. The highest BCUT2D eigenvalue weighted by Gasteiger charge is 2.12. The first-order chi connectivity index (χ1) is 14.6. The number of hydrogen-bond donors (Lipinski definition) is 2. The molecule has 0 aliphatic rings. The van der Waals surface area contributed by atoms with E-state index in [4.69, 9.17) is 4.74 Å². The van der Waals surface area contributed by atoms with Crippen LogP contribution < -0.4 is 15.5 Å². The van der Waals surface area contributed by atoms with E-state index in [1.54, 1.807) is 36.4 Å². The number of ether oxygens (including phenoxy) is 1. The SMILES string of the molecule is O=C(NCc1ccccc1)C(=O)N/N=C\c1ccccc1OCc1ccc(F)cc1. The molecule has 0 aliphatic carbocycles. The number of rotatable bonds is 7. The maximum absolute atomic E-state index is 13.0. The Morgan fingerprint density at radius 3 is 2.33 bits per heavy atom. The standard InChI is InChI=1S/C23H20FN3O3/c24-20-12-10-18(11-13-20)16-30-21-9-5-4-8-19(21)15-26-27-23(29)22(28)25-14-17-6-2-1-3-7-17/h1-13,15H,14,16H2,(H,25,28)(H,27,29)/b26-15-. The highest BCUT2D eigenvalue weighted by molar-refractivity contribution is 6.35. The number of halogens is 1. The molecule has 0 spiro atoms. The molecule has 152 valence electrons. The van der Waals surface area contributed by atoms with Gasteiger partial charge < -0.3 is 10.1 Å². The van der Waals surface area contributed by atoms with E-state index in [2.05, 4.69) is 15.8 Å². The Morgan fingerprint density at radius 2 is 1.57 bits per heavy atom. The molecule has 0 aliphatic heterocycles. The van der Waals surface area contributed by atoms with Gasteiger partial charge in [-0.05, 0) is 35.4 Å². The lowest BCUT2D eigenvalue weighted by Crippen LogP contribution is -2.37. The largest absolute Gasteiger partial charge is 0.488 e. The van der Waals surface area contributed by atoms with Crippen molar-refractivity contribution in [2.24, 2.45) is 5.10 Å². The van der Waals surface area contributed by atoms with Gasteiger partial charge in [0.15, 0.2) is 0 Å². The zero-order valence-electron chi connectivity index (χ0n) is 16.0. The number of para-hydroxylation sites is 1. The Morgan fingerprint density at radius 1 is 0.867 bits per heavy atom. The van der Waals surface area contributed by atoms with Gasteiger partial charge in [-0.2, -0.15) is 5.10 Å². The average molecular weight is 405 g/mol. The Bertz CT molecular complexity index is 1020. The summed E-state index contributed by atoms with van der Waals surface area (Å²) >= 11 is 0. The first-order valence-corrected chi connectivity index (χ1v) is 9.23. The molecule has 2 N–H and O–H groups in total. The van der Waals surface area contributed by atoms with Crippen LogP contribution in [0, 0.1) is 5.82 Å². The second kappa shape index (κ2) is 10.5. The van der Waals surface area contributed by atoms with Crippen molar-refractivity contribution in [1.82, 2.24) is 10.7 Å². The maximum Gasteiger partial charge on any atom is 0.329 e. The van der Waals surface area contributed by atoms with E-state index in [1.165, 1.54) is 18.3 Å². The fourth-order valence-electron chi connectivity index (χ4n) is 2.53. The van der Waals surface area contributed by atoms with Crippen LogP contribution in [0.25, 0.3) is 0 Å². The molecule has 6 nitrogen and oxygen atoms in total. The third-order valence-corrected chi connectivity index (χ3v) is 4.10. The summed E-state index contributed by atoms with van der Waals surface area (Å²) in [4.78, 5) is 23.7. The molecule has 0 atom stereocenters. The lowest BCUT2D eigenvalue weighted by atomic mass is 10.2. The van der Waals surface area contributed by atoms with Gasteiger partial charge in [0.2, 0.25) is 0 Å². The quantitative estimate of drug-likeness (QED) is 0.360. The monoisotopic (exact) mass is 405 g/mol. The van der Waals surface area contributed by atoms with Gasteiger partial charge in [-0.3, -0.25) is 9.59 Å². The maximum atomic E-state index is 13.0. The van der Waals surface area contributed by atoms with E-state index in [-0.39, 0.29) is 19.0 Å². The Labute approximate surface area is 173 Å². The molecule has 7 heteroatoms. The highest BCUT2D eigenvalue weighted by atomic mass is 19.1. The summed E-state index contributed by atoms with van der Waals surface area (Å²) in [6.07, 6.45) is 1.39. The van der Waals surface area contributed by atoms with Gasteiger partial charge >= 0.3 is 11.8 Å². The third kappa shape index (κ3) is 6.27. The minimum atomic E-state index is -0.869. The molecule has 30 heavy (non-hydrogen) atoms. The summed E-state index contributed by atoms with van der Waals surface area (Å²) in [5.41, 5.74) is 4.51. The number of hydrogen-bond acceptors (Lipinski definition) is 4. The molecule has 3 aromatic carbocycles. The summed E-state index contributed by atoms with van der Waals surface area (Å²) in [6, 6.07) is 22.4. The van der Waals surface area contributed by atoms with Gasteiger partial charge in [-0.25, -0.2) is 9.82 Å². The van der Waals surface area contributed by atoms with Crippen LogP contribution in [-0.2, 0) is 22.7 Å². The van der Waals surface area contributed by atoms with Crippen molar-refractivity contribution in [3.8, 4) is 5.75 Å². The molecule has 0 fully saturated rings. The fourth-order valence-corrected chi connectivity index (χ4v) is 2.53. The molecule has 0 bridgehead atoms.